The number of ether oxygens (including phenoxy) is 2. The lowest BCUT2D eigenvalue weighted by atomic mass is 10.2. The molecule has 0 aromatic rings. The number of halogens is 1. The standard InChI is InChI=1S/C17H35N5O3.HI/c1-17(2,3)25-16(23)21-8-5-4-7-19-15(18)20-9-6-10-22-11-13-24-14-12-22;/h4-14H2,1-3H3,(H,21,23)(H3,18,19,20);1H. The van der Waals surface area contributed by atoms with Crippen molar-refractivity contribution in [1.82, 2.24) is 15.5 Å². The molecule has 1 rings (SSSR count). The van der Waals surface area contributed by atoms with Gasteiger partial charge in [0.1, 0.15) is 5.60 Å². The Morgan fingerprint density at radius 3 is 2.38 bits per heavy atom. The molecule has 0 spiro atoms. The second-order valence-electron chi connectivity index (χ2n) is 7.14. The Labute approximate surface area is 174 Å². The molecular weight excluding hydrogens is 449 g/mol. The van der Waals surface area contributed by atoms with Crippen LogP contribution in [0.4, 0.5) is 4.79 Å². The zero-order valence-corrected chi connectivity index (χ0v) is 18.7. The van der Waals surface area contributed by atoms with Gasteiger partial charge in [-0.2, -0.15) is 0 Å². The molecule has 1 fully saturated rings. The van der Waals surface area contributed by atoms with E-state index in [4.69, 9.17) is 15.2 Å². The number of hydrogen-bond acceptors (Lipinski definition) is 5. The summed E-state index contributed by atoms with van der Waals surface area (Å²) >= 11 is 0. The molecular formula is C17H36IN5O3. The van der Waals surface area contributed by atoms with Crippen molar-refractivity contribution in [3.63, 3.8) is 0 Å². The fourth-order valence-corrected chi connectivity index (χ4v) is 2.35. The number of unbranched alkanes of at least 4 members (excludes halogenated alkanes) is 1. The van der Waals surface area contributed by atoms with Crippen LogP contribution in [0.25, 0.3) is 0 Å². The minimum absolute atomic E-state index is 0. The molecule has 0 bridgehead atoms. The summed E-state index contributed by atoms with van der Waals surface area (Å²) in [6.07, 6.45) is 2.39. The van der Waals surface area contributed by atoms with Crippen molar-refractivity contribution >= 4 is 36.0 Å². The molecule has 154 valence electrons. The van der Waals surface area contributed by atoms with Gasteiger partial charge in [0.25, 0.3) is 0 Å². The van der Waals surface area contributed by atoms with Crippen LogP contribution >= 0.6 is 24.0 Å². The molecule has 26 heavy (non-hydrogen) atoms. The van der Waals surface area contributed by atoms with E-state index in [0.717, 1.165) is 65.2 Å². The molecule has 0 radical (unpaired) electrons. The molecule has 0 aliphatic carbocycles. The summed E-state index contributed by atoms with van der Waals surface area (Å²) in [6, 6.07) is 0. The van der Waals surface area contributed by atoms with E-state index in [9.17, 15) is 4.79 Å². The highest BCUT2D eigenvalue weighted by atomic mass is 127. The number of morpholine rings is 1. The minimum Gasteiger partial charge on any atom is -0.444 e. The fourth-order valence-electron chi connectivity index (χ4n) is 2.35. The number of carbonyl (C=O) groups excluding carboxylic acids is 1. The van der Waals surface area contributed by atoms with E-state index in [1.165, 1.54) is 0 Å². The summed E-state index contributed by atoms with van der Waals surface area (Å²) in [6.45, 7) is 12.3. The van der Waals surface area contributed by atoms with E-state index in [1.54, 1.807) is 0 Å². The minimum atomic E-state index is -0.460. The van der Waals surface area contributed by atoms with Gasteiger partial charge in [-0.15, -0.1) is 24.0 Å². The molecule has 1 amide bonds. The Bertz CT molecular complexity index is 410. The van der Waals surface area contributed by atoms with E-state index >= 15 is 0 Å². The van der Waals surface area contributed by atoms with Gasteiger partial charge in [-0.25, -0.2) is 4.79 Å². The Balaban J connectivity index is 0.00000625. The number of hydrogen-bond donors (Lipinski definition) is 3. The molecule has 8 nitrogen and oxygen atoms in total. The van der Waals surface area contributed by atoms with E-state index in [-0.39, 0.29) is 30.1 Å². The van der Waals surface area contributed by atoms with Gasteiger partial charge in [-0.3, -0.25) is 9.89 Å². The van der Waals surface area contributed by atoms with Gasteiger partial charge >= 0.3 is 6.09 Å². The zero-order chi connectivity index (χ0) is 18.5. The van der Waals surface area contributed by atoms with Crippen molar-refractivity contribution in [3.8, 4) is 0 Å². The second kappa shape index (κ2) is 14.3. The van der Waals surface area contributed by atoms with Gasteiger partial charge in [0, 0.05) is 39.3 Å². The number of guanidine groups is 1. The highest BCUT2D eigenvalue weighted by Crippen LogP contribution is 2.06. The summed E-state index contributed by atoms with van der Waals surface area (Å²) in [5.74, 6) is 0.488. The lowest BCUT2D eigenvalue weighted by Gasteiger charge is -2.26. The summed E-state index contributed by atoms with van der Waals surface area (Å²) in [5, 5.41) is 5.83. The maximum Gasteiger partial charge on any atom is 0.407 e. The molecule has 0 aromatic carbocycles. The predicted octanol–water partition coefficient (Wildman–Crippen LogP) is 1.54. The number of alkyl carbamates (subject to hydrolysis) is 1. The average Bonchev–Trinajstić information content (AvgIpc) is 2.54. The molecule has 0 atom stereocenters. The van der Waals surface area contributed by atoms with Crippen LogP contribution in [0.3, 0.4) is 0 Å². The van der Waals surface area contributed by atoms with Crippen LogP contribution in [0, 0.1) is 0 Å². The van der Waals surface area contributed by atoms with Crippen LogP contribution in [0.1, 0.15) is 40.0 Å². The topological polar surface area (TPSA) is 101 Å². The van der Waals surface area contributed by atoms with Gasteiger partial charge in [0.2, 0.25) is 0 Å². The van der Waals surface area contributed by atoms with Crippen molar-refractivity contribution in [2.24, 2.45) is 10.7 Å². The lowest BCUT2D eigenvalue weighted by molar-refractivity contribution is 0.0377. The number of amides is 1. The molecule has 0 aromatic heterocycles. The Kier molecular flexibility index (Phi) is 13.8. The number of nitrogens with one attached hydrogen (secondary N) is 2. The Morgan fingerprint density at radius 1 is 1.15 bits per heavy atom. The number of nitrogens with two attached hydrogens (primary N) is 1. The van der Waals surface area contributed by atoms with E-state index in [0.29, 0.717) is 12.5 Å². The molecule has 1 saturated heterocycles. The molecule has 1 heterocycles. The lowest BCUT2D eigenvalue weighted by Crippen LogP contribution is -2.37. The molecule has 1 aliphatic rings. The van der Waals surface area contributed by atoms with Crippen molar-refractivity contribution in [3.05, 3.63) is 0 Å². The summed E-state index contributed by atoms with van der Waals surface area (Å²) in [4.78, 5) is 18.2. The van der Waals surface area contributed by atoms with Crippen molar-refractivity contribution in [2.75, 3.05) is 52.5 Å². The van der Waals surface area contributed by atoms with Crippen molar-refractivity contribution in [2.45, 2.75) is 45.6 Å². The van der Waals surface area contributed by atoms with Gasteiger partial charge in [0.05, 0.1) is 13.2 Å². The summed E-state index contributed by atoms with van der Waals surface area (Å²) < 4.78 is 10.5. The molecule has 1 aliphatic heterocycles. The molecule has 0 unspecified atom stereocenters. The smallest absolute Gasteiger partial charge is 0.407 e. The van der Waals surface area contributed by atoms with Crippen molar-refractivity contribution < 1.29 is 14.3 Å². The Morgan fingerprint density at radius 2 is 1.77 bits per heavy atom. The fraction of sp³-hybridized carbons (Fsp3) is 0.882. The van der Waals surface area contributed by atoms with Crippen LogP contribution in [0.2, 0.25) is 0 Å². The van der Waals surface area contributed by atoms with Crippen LogP contribution in [0.15, 0.2) is 4.99 Å². The summed E-state index contributed by atoms with van der Waals surface area (Å²) in [7, 11) is 0. The molecule has 9 heteroatoms. The maximum atomic E-state index is 11.5. The van der Waals surface area contributed by atoms with Gasteiger partial charge < -0.3 is 25.8 Å². The van der Waals surface area contributed by atoms with Crippen LogP contribution in [-0.4, -0.2) is 75.0 Å². The van der Waals surface area contributed by atoms with Gasteiger partial charge in [-0.1, -0.05) is 0 Å². The second-order valence-corrected chi connectivity index (χ2v) is 7.14. The third-order valence-corrected chi connectivity index (χ3v) is 3.60. The van der Waals surface area contributed by atoms with E-state index in [2.05, 4.69) is 20.5 Å². The first-order valence-electron chi connectivity index (χ1n) is 9.17. The van der Waals surface area contributed by atoms with Crippen LogP contribution in [-0.2, 0) is 9.47 Å². The number of aliphatic imine (C=N–C) groups is 1. The monoisotopic (exact) mass is 485 g/mol. The molecule has 0 saturated carbocycles. The number of rotatable bonds is 9. The Hall–Kier alpha value is -0.810. The first-order valence-corrected chi connectivity index (χ1v) is 9.17. The van der Waals surface area contributed by atoms with E-state index in [1.807, 2.05) is 20.8 Å². The highest BCUT2D eigenvalue weighted by Gasteiger charge is 2.15. The van der Waals surface area contributed by atoms with E-state index < -0.39 is 5.60 Å². The predicted molar refractivity (Wildman–Crippen MR) is 115 cm³/mol. The third-order valence-electron chi connectivity index (χ3n) is 3.60. The quantitative estimate of drug-likeness (QED) is 0.198. The van der Waals surface area contributed by atoms with Gasteiger partial charge in [-0.05, 0) is 40.0 Å². The number of nitrogens with zero attached hydrogens (tertiary/aromatic N) is 2. The average molecular weight is 485 g/mol. The van der Waals surface area contributed by atoms with Crippen molar-refractivity contribution in [1.29, 1.82) is 0 Å². The molecule has 4 N–H and O–H groups in total. The zero-order valence-electron chi connectivity index (χ0n) is 16.4. The maximum absolute atomic E-state index is 11.5. The van der Waals surface area contributed by atoms with Crippen LogP contribution < -0.4 is 16.4 Å². The highest BCUT2D eigenvalue weighted by molar-refractivity contribution is 14.0. The normalized spacial score (nSPS) is 15.9. The largest absolute Gasteiger partial charge is 0.444 e. The first-order chi connectivity index (χ1) is 11.9. The van der Waals surface area contributed by atoms with Crippen LogP contribution in [0.5, 0.6) is 0 Å². The SMILES string of the molecule is CC(C)(C)OC(=O)NCCCCNC(N)=NCCCN1CCOCC1.I. The first kappa shape index (κ1) is 25.2. The van der Waals surface area contributed by atoms with Gasteiger partial charge in [0.15, 0.2) is 5.96 Å². The number of carbonyl (C=O) groups is 1. The summed E-state index contributed by atoms with van der Waals surface area (Å²) in [5.41, 5.74) is 5.38. The third kappa shape index (κ3) is 14.4.